The average molecular weight is 389 g/mol. The molecule has 1 amide bonds. The molecule has 0 fully saturated rings. The summed E-state index contributed by atoms with van der Waals surface area (Å²) in [4.78, 5) is 27.7. The number of hydrogen-bond donors (Lipinski definition) is 1. The van der Waals surface area contributed by atoms with E-state index in [4.69, 9.17) is 5.73 Å². The van der Waals surface area contributed by atoms with Gasteiger partial charge in [0.25, 0.3) is 5.91 Å². The van der Waals surface area contributed by atoms with E-state index in [2.05, 4.69) is 15.0 Å². The second-order valence-electron chi connectivity index (χ2n) is 6.93. The maximum Gasteiger partial charge on any atom is 0.266 e. The van der Waals surface area contributed by atoms with Crippen LogP contribution in [0.3, 0.4) is 0 Å². The lowest BCUT2D eigenvalue weighted by Crippen LogP contribution is -2.41. The van der Waals surface area contributed by atoms with E-state index in [0.29, 0.717) is 16.8 Å². The summed E-state index contributed by atoms with van der Waals surface area (Å²) in [6, 6.07) is 14.7. The molecular formula is C22H20FN5O. The lowest BCUT2D eigenvalue weighted by Gasteiger charge is -2.26. The Hall–Kier alpha value is -3.61. The van der Waals surface area contributed by atoms with Crippen molar-refractivity contribution in [1.82, 2.24) is 14.9 Å². The minimum Gasteiger partial charge on any atom is -0.369 e. The minimum absolute atomic E-state index is 0.118. The number of benzene rings is 1. The van der Waals surface area contributed by atoms with Crippen LogP contribution < -0.4 is 5.73 Å². The quantitative estimate of drug-likeness (QED) is 0.744. The van der Waals surface area contributed by atoms with Gasteiger partial charge in [0.2, 0.25) is 0 Å². The largest absolute Gasteiger partial charge is 0.369 e. The average Bonchev–Trinajstić information content (AvgIpc) is 2.99. The molecule has 29 heavy (non-hydrogen) atoms. The molecule has 0 aliphatic carbocycles. The highest BCUT2D eigenvalue weighted by Gasteiger charge is 2.49. The summed E-state index contributed by atoms with van der Waals surface area (Å²) >= 11 is 0. The van der Waals surface area contributed by atoms with Crippen molar-refractivity contribution in [2.24, 2.45) is 10.7 Å². The summed E-state index contributed by atoms with van der Waals surface area (Å²) in [7, 11) is 1.58. The number of guanidine groups is 1. The fourth-order valence-corrected chi connectivity index (χ4v) is 3.60. The summed E-state index contributed by atoms with van der Waals surface area (Å²) in [5, 5.41) is 0. The Morgan fingerprint density at radius 1 is 1.10 bits per heavy atom. The van der Waals surface area contributed by atoms with Crippen LogP contribution in [-0.4, -0.2) is 33.8 Å². The highest BCUT2D eigenvalue weighted by atomic mass is 19.1. The number of aryl methyl sites for hydroxylation is 1. The molecule has 0 saturated heterocycles. The van der Waals surface area contributed by atoms with Crippen molar-refractivity contribution in [3.63, 3.8) is 0 Å². The number of amides is 1. The normalized spacial score (nSPS) is 18.8. The van der Waals surface area contributed by atoms with Crippen molar-refractivity contribution in [2.75, 3.05) is 7.05 Å². The third-order valence-corrected chi connectivity index (χ3v) is 5.22. The molecule has 1 aromatic carbocycles. The number of hydrogen-bond acceptors (Lipinski definition) is 5. The Morgan fingerprint density at radius 2 is 1.93 bits per heavy atom. The summed E-state index contributed by atoms with van der Waals surface area (Å²) in [5.74, 6) is -0.169. The molecule has 0 bridgehead atoms. The SMILES string of the molecule is Cc1ncccc1-c1cccc(C2(c3ccc(CF)nc3)N=C(N)N(C)C2=O)c1. The molecule has 3 aromatic rings. The van der Waals surface area contributed by atoms with Crippen molar-refractivity contribution >= 4 is 11.9 Å². The molecule has 7 heteroatoms. The fourth-order valence-electron chi connectivity index (χ4n) is 3.60. The first kappa shape index (κ1) is 18.7. The molecule has 2 aromatic heterocycles. The Balaban J connectivity index is 1.93. The second-order valence-corrected chi connectivity index (χ2v) is 6.93. The van der Waals surface area contributed by atoms with Gasteiger partial charge in [-0.15, -0.1) is 0 Å². The zero-order chi connectivity index (χ0) is 20.6. The highest BCUT2D eigenvalue weighted by molar-refractivity contribution is 6.09. The van der Waals surface area contributed by atoms with Crippen LogP contribution in [0.25, 0.3) is 11.1 Å². The summed E-state index contributed by atoms with van der Waals surface area (Å²) in [6.07, 6.45) is 3.23. The van der Waals surface area contributed by atoms with Gasteiger partial charge < -0.3 is 5.73 Å². The number of halogens is 1. The van der Waals surface area contributed by atoms with Gasteiger partial charge >= 0.3 is 0 Å². The number of carbonyl (C=O) groups excluding carboxylic acids is 1. The van der Waals surface area contributed by atoms with Crippen molar-refractivity contribution in [3.8, 4) is 11.1 Å². The third-order valence-electron chi connectivity index (χ3n) is 5.22. The Morgan fingerprint density at radius 3 is 2.55 bits per heavy atom. The molecule has 2 N–H and O–H groups in total. The molecule has 1 aliphatic rings. The molecule has 1 unspecified atom stereocenters. The molecule has 1 atom stereocenters. The van der Waals surface area contributed by atoms with E-state index in [1.54, 1.807) is 25.4 Å². The molecule has 0 radical (unpaired) electrons. The van der Waals surface area contributed by atoms with E-state index in [-0.39, 0.29) is 11.9 Å². The number of nitrogens with two attached hydrogens (primary N) is 1. The first-order valence-corrected chi connectivity index (χ1v) is 9.14. The van der Waals surface area contributed by atoms with Crippen LogP contribution in [-0.2, 0) is 17.0 Å². The van der Waals surface area contributed by atoms with Crippen LogP contribution in [0, 0.1) is 6.92 Å². The number of nitrogens with zero attached hydrogens (tertiary/aromatic N) is 4. The van der Waals surface area contributed by atoms with Gasteiger partial charge in [-0.05, 0) is 36.2 Å². The molecule has 3 heterocycles. The standard InChI is InChI=1S/C22H20FN5O/c1-14-19(7-4-10-25-14)15-5-3-6-16(11-15)22(20(29)28(2)21(24)27-22)17-8-9-18(12-23)26-13-17/h3-11,13H,12H2,1-2H3,(H2,24,27). The predicted molar refractivity (Wildman–Crippen MR) is 109 cm³/mol. The zero-order valence-electron chi connectivity index (χ0n) is 16.1. The van der Waals surface area contributed by atoms with Crippen molar-refractivity contribution in [2.45, 2.75) is 19.1 Å². The van der Waals surface area contributed by atoms with E-state index in [0.717, 1.165) is 16.8 Å². The number of carbonyl (C=O) groups is 1. The Bertz CT molecular complexity index is 1110. The second kappa shape index (κ2) is 7.09. The molecule has 6 nitrogen and oxygen atoms in total. The minimum atomic E-state index is -1.37. The van der Waals surface area contributed by atoms with Gasteiger partial charge in [-0.1, -0.05) is 30.3 Å². The molecule has 4 rings (SSSR count). The van der Waals surface area contributed by atoms with Gasteiger partial charge in [0, 0.05) is 36.3 Å². The number of alkyl halides is 1. The van der Waals surface area contributed by atoms with Gasteiger partial charge in [0.05, 0.1) is 5.69 Å². The zero-order valence-corrected chi connectivity index (χ0v) is 16.1. The van der Waals surface area contributed by atoms with Crippen LogP contribution in [0.1, 0.15) is 22.5 Å². The van der Waals surface area contributed by atoms with Crippen LogP contribution in [0.4, 0.5) is 4.39 Å². The first-order chi connectivity index (χ1) is 14.0. The summed E-state index contributed by atoms with van der Waals surface area (Å²) in [6.45, 7) is 1.25. The Kier molecular flexibility index (Phi) is 4.58. The fraction of sp³-hybridized carbons (Fsp3) is 0.182. The predicted octanol–water partition coefficient (Wildman–Crippen LogP) is 2.95. The summed E-state index contributed by atoms with van der Waals surface area (Å²) < 4.78 is 12.9. The molecule has 146 valence electrons. The van der Waals surface area contributed by atoms with E-state index < -0.39 is 12.2 Å². The van der Waals surface area contributed by atoms with Gasteiger partial charge in [-0.25, -0.2) is 9.38 Å². The molecule has 1 aliphatic heterocycles. The number of rotatable bonds is 4. The topological polar surface area (TPSA) is 84.5 Å². The van der Waals surface area contributed by atoms with E-state index in [1.807, 2.05) is 43.3 Å². The number of likely N-dealkylation sites (N-methyl/N-ethyl adjacent to an activating group) is 1. The smallest absolute Gasteiger partial charge is 0.266 e. The van der Waals surface area contributed by atoms with Gasteiger partial charge in [-0.3, -0.25) is 19.7 Å². The van der Waals surface area contributed by atoms with Gasteiger partial charge in [0.15, 0.2) is 11.5 Å². The lowest BCUT2D eigenvalue weighted by atomic mass is 9.82. The van der Waals surface area contributed by atoms with Gasteiger partial charge in [-0.2, -0.15) is 0 Å². The number of aromatic nitrogens is 2. The van der Waals surface area contributed by atoms with Crippen LogP contribution in [0.2, 0.25) is 0 Å². The number of pyridine rings is 2. The first-order valence-electron chi connectivity index (χ1n) is 9.14. The van der Waals surface area contributed by atoms with E-state index in [1.165, 1.54) is 11.1 Å². The Labute approximate surface area is 167 Å². The van der Waals surface area contributed by atoms with Crippen molar-refractivity contribution < 1.29 is 9.18 Å². The maximum absolute atomic E-state index is 13.3. The maximum atomic E-state index is 13.3. The highest BCUT2D eigenvalue weighted by Crippen LogP contribution is 2.40. The van der Waals surface area contributed by atoms with Crippen molar-refractivity contribution in [3.05, 3.63) is 83.4 Å². The molecular weight excluding hydrogens is 369 g/mol. The monoisotopic (exact) mass is 389 g/mol. The third kappa shape index (κ3) is 2.95. The van der Waals surface area contributed by atoms with E-state index >= 15 is 0 Å². The summed E-state index contributed by atoms with van der Waals surface area (Å²) in [5.41, 5.74) is 8.89. The van der Waals surface area contributed by atoms with E-state index in [9.17, 15) is 9.18 Å². The van der Waals surface area contributed by atoms with Crippen LogP contribution >= 0.6 is 0 Å². The van der Waals surface area contributed by atoms with Gasteiger partial charge in [0.1, 0.15) is 6.67 Å². The van der Waals surface area contributed by atoms with Crippen molar-refractivity contribution in [1.29, 1.82) is 0 Å². The van der Waals surface area contributed by atoms with Crippen LogP contribution in [0.15, 0.2) is 65.9 Å². The van der Waals surface area contributed by atoms with Crippen LogP contribution in [0.5, 0.6) is 0 Å². The molecule has 0 saturated carbocycles. The molecule has 0 spiro atoms. The number of aliphatic imine (C=N–C) groups is 1. The lowest BCUT2D eigenvalue weighted by molar-refractivity contribution is -0.129.